The molecule has 0 radical (unpaired) electrons. The third-order valence-corrected chi connectivity index (χ3v) is 25.0. The second kappa shape index (κ2) is 18.9. The summed E-state index contributed by atoms with van der Waals surface area (Å²) in [4.78, 5) is 0. The molecule has 0 saturated carbocycles. The average Bonchev–Trinajstić information content (AvgIpc) is 1.41. The smallest absolute Gasteiger partial charge is 0.0368 e. The molecule has 0 nitrogen and oxygen atoms in total. The molecule has 0 aliphatic carbocycles. The van der Waals surface area contributed by atoms with Gasteiger partial charge >= 0.3 is 0 Å². The lowest BCUT2D eigenvalue weighted by Crippen LogP contribution is -1.92. The monoisotopic (exact) mass is 1270 g/mol. The first kappa shape index (κ1) is 52.3. The van der Waals surface area contributed by atoms with Gasteiger partial charge in [-0.2, -0.15) is 0 Å². The fraction of sp³-hybridized carbons (Fsp3) is 0. The van der Waals surface area contributed by atoms with Gasteiger partial charge in [-0.3, -0.25) is 0 Å². The SMILES string of the molecule is c1ccc(-c2c3cc4c5ccccc5c5cccc(c3c(-c3ccc(-c6ccc(-c7c8cc9c%10ccccc%10c%10cccc(c8c(-c8ccccc8)c8c%11cc%12sc%13ccccc%13c%12c%12cccc(c78)c%11%12)c%109)cc6)cc3)c3c6cccc7c8c(cc(c23)c67)sc2ccccc28)c54)cc1. The lowest BCUT2D eigenvalue weighted by Gasteiger charge is -2.19. The summed E-state index contributed by atoms with van der Waals surface area (Å²) in [6.45, 7) is 0. The first-order chi connectivity index (χ1) is 48.7. The van der Waals surface area contributed by atoms with Crippen molar-refractivity contribution in [2.45, 2.75) is 0 Å². The minimum Gasteiger partial charge on any atom is -0.135 e. The summed E-state index contributed by atoms with van der Waals surface area (Å²) in [5.74, 6) is 0. The van der Waals surface area contributed by atoms with Crippen molar-refractivity contribution >= 4 is 214 Å². The molecule has 24 aromatic rings. The van der Waals surface area contributed by atoms with Crippen LogP contribution in [0, 0.1) is 0 Å². The van der Waals surface area contributed by atoms with Gasteiger partial charge in [0.15, 0.2) is 0 Å². The molecule has 24 rings (SSSR count). The Morgan fingerprint density at radius 1 is 0.122 bits per heavy atom. The minimum atomic E-state index is 1.18. The molecule has 2 heterocycles. The number of benzene rings is 18. The van der Waals surface area contributed by atoms with E-state index in [2.05, 4.69) is 303 Å². The Bertz CT molecular complexity index is 7600. The van der Waals surface area contributed by atoms with Gasteiger partial charge in [0.1, 0.15) is 0 Å². The summed E-state index contributed by atoms with van der Waals surface area (Å²) >= 11 is 3.84. The first-order valence-electron chi connectivity index (χ1n) is 34.1. The molecule has 98 heavy (non-hydrogen) atoms. The maximum atomic E-state index is 2.57. The number of rotatable bonds is 5. The number of thiophene rings is 2. The highest BCUT2D eigenvalue weighted by atomic mass is 32.1. The van der Waals surface area contributed by atoms with Crippen molar-refractivity contribution in [1.29, 1.82) is 0 Å². The Balaban J connectivity index is 0.772. The number of hydrogen-bond acceptors (Lipinski definition) is 2. The Morgan fingerprint density at radius 3 is 0.837 bits per heavy atom. The van der Waals surface area contributed by atoms with Crippen LogP contribution in [0.4, 0.5) is 0 Å². The fourth-order valence-electron chi connectivity index (χ4n) is 19.0. The third kappa shape index (κ3) is 6.60. The van der Waals surface area contributed by atoms with Crippen molar-refractivity contribution < 1.29 is 0 Å². The van der Waals surface area contributed by atoms with Crippen LogP contribution in [0.15, 0.2) is 303 Å². The van der Waals surface area contributed by atoms with Gasteiger partial charge in [-0.05, 0) is 243 Å². The van der Waals surface area contributed by atoms with E-state index in [4.69, 9.17) is 0 Å². The molecule has 446 valence electrons. The van der Waals surface area contributed by atoms with E-state index in [1.807, 2.05) is 22.7 Å². The highest BCUT2D eigenvalue weighted by Gasteiger charge is 2.31. The zero-order valence-corrected chi connectivity index (χ0v) is 54.3. The van der Waals surface area contributed by atoms with Crippen LogP contribution in [0.25, 0.3) is 247 Å². The normalized spacial score (nSPS) is 12.7. The predicted molar refractivity (Wildman–Crippen MR) is 429 cm³/mol. The highest BCUT2D eigenvalue weighted by molar-refractivity contribution is 7.26. The molecule has 0 fully saturated rings. The molecule has 0 spiro atoms. The van der Waals surface area contributed by atoms with Crippen molar-refractivity contribution in [1.82, 2.24) is 0 Å². The Hall–Kier alpha value is -12.0. The zero-order valence-electron chi connectivity index (χ0n) is 52.7. The highest BCUT2D eigenvalue weighted by Crippen LogP contribution is 2.59. The van der Waals surface area contributed by atoms with Gasteiger partial charge in [0.25, 0.3) is 0 Å². The van der Waals surface area contributed by atoms with Gasteiger partial charge in [0.2, 0.25) is 0 Å². The third-order valence-electron chi connectivity index (χ3n) is 22.8. The van der Waals surface area contributed by atoms with Gasteiger partial charge in [-0.25, -0.2) is 0 Å². The van der Waals surface area contributed by atoms with E-state index in [0.29, 0.717) is 0 Å². The Labute approximate surface area is 568 Å². The van der Waals surface area contributed by atoms with Crippen LogP contribution in [0.1, 0.15) is 0 Å². The molecule has 0 bridgehead atoms. The van der Waals surface area contributed by atoms with Crippen molar-refractivity contribution in [3.63, 3.8) is 0 Å². The topological polar surface area (TPSA) is 0 Å². The maximum Gasteiger partial charge on any atom is 0.0368 e. The van der Waals surface area contributed by atoms with Crippen LogP contribution in [0.2, 0.25) is 0 Å². The molecule has 0 aliphatic rings. The number of hydrogen-bond donors (Lipinski definition) is 0. The molecule has 0 unspecified atom stereocenters. The molecule has 0 saturated heterocycles. The molecule has 2 aromatic heterocycles. The molecule has 0 amide bonds. The van der Waals surface area contributed by atoms with Gasteiger partial charge in [0, 0.05) is 40.3 Å². The largest absolute Gasteiger partial charge is 0.135 e. The maximum absolute atomic E-state index is 2.57. The van der Waals surface area contributed by atoms with E-state index in [1.54, 1.807) is 0 Å². The second-order valence-corrected chi connectivity index (χ2v) is 29.5. The van der Waals surface area contributed by atoms with E-state index in [9.17, 15) is 0 Å². The van der Waals surface area contributed by atoms with Gasteiger partial charge in [-0.1, -0.05) is 267 Å². The molecule has 0 N–H and O–H groups in total. The van der Waals surface area contributed by atoms with Crippen LogP contribution in [-0.2, 0) is 0 Å². The van der Waals surface area contributed by atoms with Gasteiger partial charge in [0.05, 0.1) is 0 Å². The first-order valence-corrected chi connectivity index (χ1v) is 35.8. The summed E-state index contributed by atoms with van der Waals surface area (Å²) in [5, 5.41) is 42.2. The van der Waals surface area contributed by atoms with E-state index >= 15 is 0 Å². The van der Waals surface area contributed by atoms with Crippen LogP contribution in [0.3, 0.4) is 0 Å². The summed E-state index contributed by atoms with van der Waals surface area (Å²) in [6, 6.07) is 117. The summed E-state index contributed by atoms with van der Waals surface area (Å²) in [5.41, 5.74) is 12.5. The molecule has 0 aliphatic heterocycles. The fourth-order valence-corrected chi connectivity index (χ4v) is 21.4. The molecular weight excluding hydrogens is 1220 g/mol. The van der Waals surface area contributed by atoms with Crippen LogP contribution >= 0.6 is 22.7 Å². The summed E-state index contributed by atoms with van der Waals surface area (Å²) in [7, 11) is 0. The van der Waals surface area contributed by atoms with E-state index in [-0.39, 0.29) is 0 Å². The van der Waals surface area contributed by atoms with E-state index in [1.165, 1.54) is 247 Å². The molecule has 0 atom stereocenters. The second-order valence-electron chi connectivity index (χ2n) is 27.4. The number of fused-ring (bicyclic) bond motifs is 24. The zero-order chi connectivity index (χ0) is 63.3. The van der Waals surface area contributed by atoms with Crippen molar-refractivity contribution in [3.05, 3.63) is 303 Å². The molecule has 22 aromatic carbocycles. The van der Waals surface area contributed by atoms with Crippen LogP contribution in [-0.4, -0.2) is 0 Å². The van der Waals surface area contributed by atoms with Gasteiger partial charge in [-0.15, -0.1) is 22.7 Å². The average molecular weight is 1270 g/mol. The Morgan fingerprint density at radius 2 is 0.398 bits per heavy atom. The van der Waals surface area contributed by atoms with E-state index in [0.717, 1.165) is 0 Å². The van der Waals surface area contributed by atoms with Gasteiger partial charge < -0.3 is 0 Å². The lowest BCUT2D eigenvalue weighted by atomic mass is 9.83. The summed E-state index contributed by atoms with van der Waals surface area (Å²) < 4.78 is 5.31. The lowest BCUT2D eigenvalue weighted by molar-refractivity contribution is 1.61. The van der Waals surface area contributed by atoms with Crippen molar-refractivity contribution in [3.8, 4) is 55.6 Å². The standard InChI is InChI=1S/C96H50S2/c1-3-19-53(20-4-1)81-73-47-71-59-25-9-7-23-57(59)62-30-16-34-68(86(62)71)92(73)84(94-70-36-18-32-66-88(70)75(95(81)94)49-79-90(66)64-28-12-13-37-77(64)97-79)56-45-41-52(42-46-56)51-39-43-55(44-40-51)82-74-48-72-60-26-10-8-24-58(60)61-29-15-33-67(85(61)72)91(74)83(54-21-5-2-6-22-54)96-76-50-80-89(63-27-11-14-38-78(63)98-80)65-31-17-35-69(87(65)76)93(82)96/h1-50H. The Kier molecular flexibility index (Phi) is 10.1. The van der Waals surface area contributed by atoms with Crippen LogP contribution in [0.5, 0.6) is 0 Å². The summed E-state index contributed by atoms with van der Waals surface area (Å²) in [6.07, 6.45) is 0. The van der Waals surface area contributed by atoms with Crippen LogP contribution < -0.4 is 0 Å². The van der Waals surface area contributed by atoms with Crippen molar-refractivity contribution in [2.24, 2.45) is 0 Å². The predicted octanol–water partition coefficient (Wildman–Crippen LogP) is 28.7. The molecule has 2 heteroatoms. The minimum absolute atomic E-state index is 1.18. The molecular formula is C96H50S2. The van der Waals surface area contributed by atoms with Crippen molar-refractivity contribution in [2.75, 3.05) is 0 Å². The van der Waals surface area contributed by atoms with E-state index < -0.39 is 0 Å². The quantitative estimate of drug-likeness (QED) is 0.151.